The number of amides is 2. The van der Waals surface area contributed by atoms with Gasteiger partial charge < -0.3 is 54.2 Å². The van der Waals surface area contributed by atoms with Crippen molar-refractivity contribution >= 4 is 89.6 Å². The Balaban J connectivity index is 0.000000110. The molecule has 0 aliphatic carbocycles. The number of aryl methyl sites for hydroxylation is 4. The van der Waals surface area contributed by atoms with Gasteiger partial charge in [0.2, 0.25) is 11.8 Å². The van der Waals surface area contributed by atoms with Crippen LogP contribution in [0, 0.1) is 27.7 Å². The van der Waals surface area contributed by atoms with Gasteiger partial charge in [-0.2, -0.15) is 15.3 Å². The van der Waals surface area contributed by atoms with Crippen LogP contribution < -0.4 is 20.9 Å². The van der Waals surface area contributed by atoms with Crippen LogP contribution in [-0.2, 0) is 38.0 Å². The molecule has 15 aromatic rings. The van der Waals surface area contributed by atoms with E-state index in [9.17, 15) is 9.59 Å². The average Bonchev–Trinajstić information content (AvgIpc) is 1.70. The molecule has 123 heavy (non-hydrogen) atoms. The van der Waals surface area contributed by atoms with E-state index in [1.165, 1.54) is 44.1 Å². The number of hydrogen-bond acceptors (Lipinski definition) is 21. The summed E-state index contributed by atoms with van der Waals surface area (Å²) >= 11 is 5.99. The van der Waals surface area contributed by atoms with Gasteiger partial charge in [-0.15, -0.1) is 10.2 Å². The Kier molecular flexibility index (Phi) is 26.2. The first kappa shape index (κ1) is 83.0. The second-order valence-corrected chi connectivity index (χ2v) is 32.0. The van der Waals surface area contributed by atoms with Gasteiger partial charge in [0.15, 0.2) is 11.6 Å². The Morgan fingerprint density at radius 1 is 0.366 bits per heavy atom. The van der Waals surface area contributed by atoms with Gasteiger partial charge in [-0.05, 0) is 163 Å². The van der Waals surface area contributed by atoms with Gasteiger partial charge in [0.05, 0.1) is 150 Å². The first-order valence-electron chi connectivity index (χ1n) is 42.3. The SMILES string of the molecule is Cc1ccc(-n2nc(C3CCOC3)c3ccncc32)cc1.Cc1ccc(-n2nc(C3CCOCC3)c3ccncc32)cc1.Cc1ccc(-n2nc(N3CCOCC3C(=O)N3CCOCC3)c3ccncc32)cc1.Cc1ccc(-n2nc(N3CCOCC3C(=O)NCCN)c3ccncc32)cc1.Clc1ccc(-n2nc(C3CCOCC3)c3ccncc32)cc1. The predicted octanol–water partition coefficient (Wildman–Crippen LogP) is 13.6. The Morgan fingerprint density at radius 3 is 1.06 bits per heavy atom. The van der Waals surface area contributed by atoms with Crippen molar-refractivity contribution in [1.82, 2.24) is 84.0 Å². The zero-order chi connectivity index (χ0) is 84.1. The summed E-state index contributed by atoms with van der Waals surface area (Å²) in [5, 5.41) is 33.6. The zero-order valence-electron chi connectivity index (χ0n) is 69.6. The van der Waals surface area contributed by atoms with Crippen LogP contribution in [0.1, 0.15) is 89.2 Å². The lowest BCUT2D eigenvalue weighted by molar-refractivity contribution is -0.139. The van der Waals surface area contributed by atoms with E-state index in [1.807, 2.05) is 137 Å². The zero-order valence-corrected chi connectivity index (χ0v) is 70.4. The van der Waals surface area contributed by atoms with Crippen LogP contribution in [0.2, 0.25) is 5.02 Å². The number of fused-ring (bicyclic) bond motifs is 5. The third-order valence-corrected chi connectivity index (χ3v) is 23.6. The molecule has 6 aliphatic heterocycles. The van der Waals surface area contributed by atoms with Crippen molar-refractivity contribution in [3.63, 3.8) is 0 Å². The van der Waals surface area contributed by atoms with Gasteiger partial charge in [0.1, 0.15) is 12.1 Å². The van der Waals surface area contributed by atoms with Crippen molar-refractivity contribution in [2.45, 2.75) is 89.6 Å². The standard InChI is InChI=1S/C22H25N5O3.C20H24N6O2.C18H19N3O.C17H16ClN3O.C17H17N3O/c1-16-2-4-17(5-3-16)27-19-14-23-7-6-18(19)21(24-27)26-10-13-30-15-20(26)22(28)25-8-11-29-12-9-25;1-14-2-4-15(5-3-14)26-17-12-22-8-6-16(17)19(24-26)25-10-11-28-13-18(25)20(27)23-9-7-21;1-13-2-4-15(5-3-13)21-17-12-19-9-6-16(17)18(20-21)14-7-10-22-11-8-14;18-13-1-3-14(4-2-13)21-16-11-19-8-5-15(16)17(20-21)12-6-9-22-10-7-12;1-12-2-4-14(5-3-12)20-16-10-18-8-6-15(16)17(19-20)13-7-9-21-11-13/h2-7,14,20H,8-13,15H2,1H3;2-6,8,12,18H,7,9-11,13,21H2,1H3,(H,23,27);2-6,9,12,14H,7-8,10-11H2,1H3;1-5,8,11-12H,6-7,9-10H2;2-6,8,10,13H,7,9,11H2,1H3. The van der Waals surface area contributed by atoms with E-state index >= 15 is 0 Å². The molecule has 0 radical (unpaired) electrons. The van der Waals surface area contributed by atoms with E-state index in [0.29, 0.717) is 96.7 Å². The third-order valence-electron chi connectivity index (χ3n) is 23.3. The predicted molar refractivity (Wildman–Crippen MR) is 475 cm³/mol. The number of nitrogens with one attached hydrogen (secondary N) is 1. The number of ether oxygens (including phenoxy) is 6. The van der Waals surface area contributed by atoms with Crippen LogP contribution >= 0.6 is 11.6 Å². The number of pyridine rings is 5. The largest absolute Gasteiger partial charge is 0.381 e. The molecule has 3 N–H and O–H groups in total. The molecule has 3 unspecified atom stereocenters. The van der Waals surface area contributed by atoms with E-state index in [0.717, 1.165) is 167 Å². The van der Waals surface area contributed by atoms with Gasteiger partial charge in [0.25, 0.3) is 0 Å². The van der Waals surface area contributed by atoms with Gasteiger partial charge >= 0.3 is 0 Å². The minimum atomic E-state index is -0.446. The summed E-state index contributed by atoms with van der Waals surface area (Å²) in [6.45, 7) is 19.4. The molecule has 5 aromatic carbocycles. The number of nitrogens with two attached hydrogens (primary N) is 1. The second kappa shape index (κ2) is 38.9. The molecule has 3 atom stereocenters. The van der Waals surface area contributed by atoms with E-state index in [-0.39, 0.29) is 11.8 Å². The minimum absolute atomic E-state index is 0.0742. The number of halogens is 1. The maximum Gasteiger partial charge on any atom is 0.247 e. The van der Waals surface area contributed by atoms with Gasteiger partial charge in [-0.1, -0.05) is 82.4 Å². The van der Waals surface area contributed by atoms with Crippen molar-refractivity contribution in [2.75, 3.05) is 128 Å². The maximum atomic E-state index is 13.3. The molecule has 29 heteroatoms. The lowest BCUT2D eigenvalue weighted by Crippen LogP contribution is -2.57. The lowest BCUT2D eigenvalue weighted by atomic mass is 9.95. The highest BCUT2D eigenvalue weighted by molar-refractivity contribution is 6.30. The molecule has 6 aliphatic rings. The van der Waals surface area contributed by atoms with Gasteiger partial charge in [0, 0.05) is 153 Å². The summed E-state index contributed by atoms with van der Waals surface area (Å²) in [4.78, 5) is 53.3. The van der Waals surface area contributed by atoms with E-state index in [4.69, 9.17) is 71.2 Å². The molecule has 10 aromatic heterocycles. The number of carbonyl (C=O) groups is 2. The Morgan fingerprint density at radius 2 is 0.675 bits per heavy atom. The monoisotopic (exact) mass is 1670 g/mol. The fraction of sp³-hybridized carbons (Fsp3) is 0.340. The Labute approximate surface area is 717 Å². The molecule has 21 rings (SSSR count). The van der Waals surface area contributed by atoms with E-state index in [1.54, 1.807) is 18.6 Å². The van der Waals surface area contributed by atoms with Crippen LogP contribution in [0.15, 0.2) is 214 Å². The number of carbonyl (C=O) groups excluding carboxylic acids is 2. The number of rotatable bonds is 14. The molecule has 0 spiro atoms. The molecule has 28 nitrogen and oxygen atoms in total. The van der Waals surface area contributed by atoms with Crippen molar-refractivity contribution in [2.24, 2.45) is 5.73 Å². The number of anilines is 2. The molecule has 2 amide bonds. The highest BCUT2D eigenvalue weighted by Crippen LogP contribution is 2.38. The maximum absolute atomic E-state index is 13.3. The first-order valence-corrected chi connectivity index (χ1v) is 42.7. The van der Waals surface area contributed by atoms with Crippen LogP contribution in [0.4, 0.5) is 11.6 Å². The van der Waals surface area contributed by atoms with Crippen molar-refractivity contribution in [3.8, 4) is 28.4 Å². The van der Waals surface area contributed by atoms with Crippen LogP contribution in [0.3, 0.4) is 0 Å². The summed E-state index contributed by atoms with van der Waals surface area (Å²) in [7, 11) is 0. The van der Waals surface area contributed by atoms with Crippen LogP contribution in [0.5, 0.6) is 0 Å². The highest BCUT2D eigenvalue weighted by Gasteiger charge is 2.37. The number of morpholine rings is 3. The molecule has 16 heterocycles. The number of hydrogen-bond donors (Lipinski definition) is 2. The lowest BCUT2D eigenvalue weighted by Gasteiger charge is -2.38. The van der Waals surface area contributed by atoms with E-state index in [2.05, 4.69) is 154 Å². The highest BCUT2D eigenvalue weighted by atomic mass is 35.5. The van der Waals surface area contributed by atoms with Crippen molar-refractivity contribution in [1.29, 1.82) is 0 Å². The smallest absolute Gasteiger partial charge is 0.247 e. The summed E-state index contributed by atoms with van der Waals surface area (Å²) < 4.78 is 42.9. The first-order chi connectivity index (χ1) is 60.4. The van der Waals surface area contributed by atoms with Crippen LogP contribution in [-0.4, -0.2) is 221 Å². The molecule has 6 saturated heterocycles. The molecular weight excluding hydrogens is 1570 g/mol. The molecule has 6 fully saturated rings. The quantitative estimate of drug-likeness (QED) is 0.102. The van der Waals surface area contributed by atoms with E-state index < -0.39 is 12.1 Å². The number of benzene rings is 5. The summed E-state index contributed by atoms with van der Waals surface area (Å²) in [5.41, 5.74) is 23.9. The Hall–Kier alpha value is -12.3. The molecular formula is C94H101ClN20O8. The topological polar surface area (TPSA) is 291 Å². The summed E-state index contributed by atoms with van der Waals surface area (Å²) in [5.74, 6) is 2.85. The van der Waals surface area contributed by atoms with Crippen LogP contribution in [0.25, 0.3) is 83.0 Å². The van der Waals surface area contributed by atoms with Crippen molar-refractivity contribution in [3.05, 3.63) is 258 Å². The number of nitrogens with zero attached hydrogens (tertiary/aromatic N) is 18. The summed E-state index contributed by atoms with van der Waals surface area (Å²) in [6.07, 6.45) is 23.5. The fourth-order valence-corrected chi connectivity index (χ4v) is 16.8. The minimum Gasteiger partial charge on any atom is -0.381 e. The van der Waals surface area contributed by atoms with Gasteiger partial charge in [-0.3, -0.25) is 34.5 Å². The molecule has 0 bridgehead atoms. The molecule has 0 saturated carbocycles. The third kappa shape index (κ3) is 18.6. The Bertz CT molecular complexity index is 5940. The average molecular weight is 1670 g/mol. The normalized spacial score (nSPS) is 17.7. The number of aromatic nitrogens is 15. The molecule has 632 valence electrons. The summed E-state index contributed by atoms with van der Waals surface area (Å²) in [6, 6.07) is 50.3. The fourth-order valence-electron chi connectivity index (χ4n) is 16.6. The van der Waals surface area contributed by atoms with Crippen molar-refractivity contribution < 1.29 is 38.0 Å². The second-order valence-electron chi connectivity index (χ2n) is 31.6. The van der Waals surface area contributed by atoms with Gasteiger partial charge in [-0.25, -0.2) is 23.4 Å².